The SMILES string of the molecule is O.O=P([O-])([O-])OP(=O)([O-])[O-].[Sn+4]. The molecule has 0 aromatic heterocycles. The van der Waals surface area contributed by atoms with E-state index in [9.17, 15) is 28.7 Å². The Bertz CT molecular complexity index is 153. The average Bonchev–Trinajstić information content (AvgIpc) is 1.14. The van der Waals surface area contributed by atoms with Crippen molar-refractivity contribution in [3.8, 4) is 0 Å². The molecular formula is H2O8P2Sn. The second-order valence-corrected chi connectivity index (χ2v) is 3.42. The Labute approximate surface area is 78.3 Å². The molecule has 64 valence electrons. The van der Waals surface area contributed by atoms with E-state index in [1.165, 1.54) is 0 Å². The monoisotopic (exact) mass is 312 g/mol. The minimum atomic E-state index is -5.68. The Balaban J connectivity index is -0.000000320. The van der Waals surface area contributed by atoms with Gasteiger partial charge < -0.3 is 38.5 Å². The maximum atomic E-state index is 9.32. The number of hydrogen-bond donors (Lipinski definition) is 0. The Morgan fingerprint density at radius 2 is 1.09 bits per heavy atom. The largest absolute Gasteiger partial charge is 4.00 e. The summed E-state index contributed by atoms with van der Waals surface area (Å²) in [4.78, 5) is 37.3. The molecule has 0 unspecified atom stereocenters. The first kappa shape index (κ1) is 17.9. The molecule has 0 saturated carbocycles. The average molecular weight is 311 g/mol. The van der Waals surface area contributed by atoms with Crippen LogP contribution in [0.1, 0.15) is 0 Å². The van der Waals surface area contributed by atoms with E-state index in [-0.39, 0.29) is 29.4 Å². The zero-order chi connectivity index (χ0) is 7.71. The van der Waals surface area contributed by atoms with Gasteiger partial charge >= 0.3 is 23.9 Å². The zero-order valence-corrected chi connectivity index (χ0v) is 9.40. The van der Waals surface area contributed by atoms with Crippen molar-refractivity contribution in [3.63, 3.8) is 0 Å². The van der Waals surface area contributed by atoms with Gasteiger partial charge in [0.2, 0.25) is 0 Å². The number of phosphoric acid groups is 2. The van der Waals surface area contributed by atoms with Gasteiger partial charge in [0.15, 0.2) is 0 Å². The summed E-state index contributed by atoms with van der Waals surface area (Å²) >= 11 is 0. The molecule has 0 fully saturated rings. The van der Waals surface area contributed by atoms with E-state index in [1.807, 2.05) is 0 Å². The van der Waals surface area contributed by atoms with Gasteiger partial charge in [-0.2, -0.15) is 0 Å². The summed E-state index contributed by atoms with van der Waals surface area (Å²) < 4.78 is 21.2. The first-order valence-corrected chi connectivity index (χ1v) is 4.38. The summed E-state index contributed by atoms with van der Waals surface area (Å²) in [6.45, 7) is 0. The molecule has 0 atom stereocenters. The molecule has 0 amide bonds. The Kier molecular flexibility index (Phi) is 9.18. The van der Waals surface area contributed by atoms with Crippen LogP contribution in [-0.4, -0.2) is 29.4 Å². The minimum Gasteiger partial charge on any atom is -0.790 e. The fraction of sp³-hybridized carbons (Fsp3) is 0. The molecular weight excluding hydrogens is 309 g/mol. The summed E-state index contributed by atoms with van der Waals surface area (Å²) in [5.74, 6) is 0. The predicted octanol–water partition coefficient (Wildman–Crippen LogP) is -4.55. The number of hydrogen-bond acceptors (Lipinski definition) is 7. The fourth-order valence-corrected chi connectivity index (χ4v) is 1.10. The van der Waals surface area contributed by atoms with Gasteiger partial charge in [-0.25, -0.2) is 0 Å². The molecule has 0 aromatic rings. The molecule has 0 aliphatic heterocycles. The van der Waals surface area contributed by atoms with Crippen LogP contribution in [0.25, 0.3) is 0 Å². The summed E-state index contributed by atoms with van der Waals surface area (Å²) in [6, 6.07) is 0. The summed E-state index contributed by atoms with van der Waals surface area (Å²) in [6.07, 6.45) is 0. The van der Waals surface area contributed by atoms with E-state index in [1.54, 1.807) is 0 Å². The molecule has 0 radical (unpaired) electrons. The smallest absolute Gasteiger partial charge is 0.790 e. The van der Waals surface area contributed by atoms with Crippen LogP contribution in [0.5, 0.6) is 0 Å². The van der Waals surface area contributed by atoms with E-state index >= 15 is 0 Å². The third-order valence-electron chi connectivity index (χ3n) is 0.200. The standard InChI is InChI=1S/H4O7P2.H2O.Sn/c1-8(2,3)7-9(4,5)6;;/h(H2,1,2,3)(H2,4,5,6);1H2;/q;;+4/p-4. The number of rotatable bonds is 2. The van der Waals surface area contributed by atoms with Gasteiger partial charge in [-0.1, -0.05) is 0 Å². The van der Waals surface area contributed by atoms with Crippen molar-refractivity contribution in [2.24, 2.45) is 0 Å². The molecule has 11 heteroatoms. The van der Waals surface area contributed by atoms with Gasteiger partial charge in [-0.05, 0) is 0 Å². The Hall–Kier alpha value is 1.02. The van der Waals surface area contributed by atoms with Gasteiger partial charge in [-0.15, -0.1) is 0 Å². The van der Waals surface area contributed by atoms with Crippen LogP contribution in [0, 0.1) is 0 Å². The quantitative estimate of drug-likeness (QED) is 0.365. The van der Waals surface area contributed by atoms with Crippen LogP contribution in [0.4, 0.5) is 0 Å². The van der Waals surface area contributed by atoms with Gasteiger partial charge in [-0.3, -0.25) is 0 Å². The fourth-order valence-electron chi connectivity index (χ4n) is 0.122. The molecule has 0 saturated heterocycles. The van der Waals surface area contributed by atoms with Crippen molar-refractivity contribution < 1.29 is 38.5 Å². The van der Waals surface area contributed by atoms with Crippen molar-refractivity contribution in [2.75, 3.05) is 0 Å². The van der Waals surface area contributed by atoms with Gasteiger partial charge in [0, 0.05) is 0 Å². The van der Waals surface area contributed by atoms with Gasteiger partial charge in [0.1, 0.15) is 0 Å². The molecule has 0 aliphatic rings. The predicted molar refractivity (Wildman–Crippen MR) is 25.7 cm³/mol. The molecule has 0 heterocycles. The zero-order valence-electron chi connectivity index (χ0n) is 4.75. The molecule has 0 rings (SSSR count). The molecule has 0 aromatic carbocycles. The topological polar surface area (TPSA) is 167 Å². The second kappa shape index (κ2) is 5.63. The van der Waals surface area contributed by atoms with Crippen molar-refractivity contribution >= 4 is 39.6 Å². The third kappa shape index (κ3) is 18.2. The van der Waals surface area contributed by atoms with E-state index in [0.717, 1.165) is 0 Å². The minimum absolute atomic E-state index is 0. The van der Waals surface area contributed by atoms with Crippen molar-refractivity contribution in [1.29, 1.82) is 0 Å². The first-order chi connectivity index (χ1) is 3.71. The maximum Gasteiger partial charge on any atom is 4.00 e. The van der Waals surface area contributed by atoms with E-state index in [2.05, 4.69) is 4.31 Å². The normalized spacial score (nSPS) is 11.3. The van der Waals surface area contributed by atoms with Crippen LogP contribution in [0.2, 0.25) is 0 Å². The summed E-state index contributed by atoms with van der Waals surface area (Å²) in [7, 11) is -11.4. The Morgan fingerprint density at radius 3 is 1.09 bits per heavy atom. The first-order valence-electron chi connectivity index (χ1n) is 1.46. The van der Waals surface area contributed by atoms with Crippen molar-refractivity contribution in [3.05, 3.63) is 0 Å². The summed E-state index contributed by atoms with van der Waals surface area (Å²) in [5.41, 5.74) is 0. The molecule has 0 spiro atoms. The van der Waals surface area contributed by atoms with E-state index in [4.69, 9.17) is 0 Å². The van der Waals surface area contributed by atoms with E-state index < -0.39 is 15.6 Å². The molecule has 2 N–H and O–H groups in total. The van der Waals surface area contributed by atoms with Crippen LogP contribution >= 0.6 is 15.6 Å². The maximum absolute atomic E-state index is 9.32. The molecule has 0 bridgehead atoms. The Morgan fingerprint density at radius 1 is 0.909 bits per heavy atom. The summed E-state index contributed by atoms with van der Waals surface area (Å²) in [5, 5.41) is 0. The van der Waals surface area contributed by atoms with Gasteiger partial charge in [0.25, 0.3) is 0 Å². The van der Waals surface area contributed by atoms with Crippen LogP contribution in [0.3, 0.4) is 0 Å². The molecule has 11 heavy (non-hydrogen) atoms. The molecule has 8 nitrogen and oxygen atoms in total. The van der Waals surface area contributed by atoms with E-state index in [0.29, 0.717) is 0 Å². The van der Waals surface area contributed by atoms with Crippen LogP contribution < -0.4 is 19.6 Å². The van der Waals surface area contributed by atoms with Crippen LogP contribution in [-0.2, 0) is 13.4 Å². The van der Waals surface area contributed by atoms with Crippen molar-refractivity contribution in [2.45, 2.75) is 0 Å². The van der Waals surface area contributed by atoms with Gasteiger partial charge in [0.05, 0.1) is 15.6 Å². The third-order valence-corrected chi connectivity index (χ3v) is 1.80. The molecule has 0 aliphatic carbocycles. The second-order valence-electron chi connectivity index (χ2n) is 0.976. The van der Waals surface area contributed by atoms with Crippen LogP contribution in [0.15, 0.2) is 0 Å². The van der Waals surface area contributed by atoms with Crippen molar-refractivity contribution in [1.82, 2.24) is 0 Å².